The van der Waals surface area contributed by atoms with Gasteiger partial charge in [0.15, 0.2) is 0 Å². The highest BCUT2D eigenvalue weighted by molar-refractivity contribution is 7.88. The fraction of sp³-hybridized carbons (Fsp3) is 1.00. The third-order valence-corrected chi connectivity index (χ3v) is 3.57. The van der Waals surface area contributed by atoms with Crippen LogP contribution in [0.5, 0.6) is 0 Å². The van der Waals surface area contributed by atoms with E-state index in [0.717, 1.165) is 12.8 Å². The molecule has 1 aliphatic rings. The average molecular weight is 222 g/mol. The molecule has 6 heteroatoms. The number of nitrogens with two attached hydrogens (primary N) is 1. The summed E-state index contributed by atoms with van der Waals surface area (Å²) >= 11 is 0. The van der Waals surface area contributed by atoms with Crippen LogP contribution in [0.3, 0.4) is 0 Å². The molecule has 0 saturated carbocycles. The zero-order valence-corrected chi connectivity index (χ0v) is 9.29. The van der Waals surface area contributed by atoms with Crippen LogP contribution in [0.1, 0.15) is 12.8 Å². The lowest BCUT2D eigenvalue weighted by molar-refractivity contribution is -0.00591. The average Bonchev–Trinajstić information content (AvgIpc) is 2.14. The smallest absolute Gasteiger partial charge is 0.211 e. The number of hydrogen-bond donors (Lipinski definition) is 1. The monoisotopic (exact) mass is 222 g/mol. The SMILES string of the molecule is CS(=O)(=O)N1CCO[C@@H](CCCN)C1. The molecule has 1 saturated heterocycles. The molecule has 1 atom stereocenters. The molecular formula is C8H18N2O3S. The largest absolute Gasteiger partial charge is 0.375 e. The number of sulfonamides is 1. The van der Waals surface area contributed by atoms with Gasteiger partial charge in [-0.15, -0.1) is 0 Å². The lowest BCUT2D eigenvalue weighted by atomic mass is 10.2. The first-order chi connectivity index (χ1) is 6.54. The van der Waals surface area contributed by atoms with E-state index in [4.69, 9.17) is 10.5 Å². The molecule has 84 valence electrons. The van der Waals surface area contributed by atoms with Crippen LogP contribution in [0.2, 0.25) is 0 Å². The Balaban J connectivity index is 2.44. The minimum Gasteiger partial charge on any atom is -0.375 e. The molecule has 1 fully saturated rings. The molecule has 0 aliphatic carbocycles. The van der Waals surface area contributed by atoms with Gasteiger partial charge in [0.25, 0.3) is 0 Å². The first kappa shape index (κ1) is 11.9. The third-order valence-electron chi connectivity index (χ3n) is 2.30. The topological polar surface area (TPSA) is 72.6 Å². The molecule has 0 amide bonds. The second kappa shape index (κ2) is 5.06. The highest BCUT2D eigenvalue weighted by atomic mass is 32.2. The van der Waals surface area contributed by atoms with Gasteiger partial charge in [-0.1, -0.05) is 0 Å². The Kier molecular flexibility index (Phi) is 4.31. The Labute approximate surface area is 85.3 Å². The second-order valence-corrected chi connectivity index (χ2v) is 5.53. The molecule has 0 radical (unpaired) electrons. The van der Waals surface area contributed by atoms with Crippen LogP contribution in [0.15, 0.2) is 0 Å². The lowest BCUT2D eigenvalue weighted by Gasteiger charge is -2.31. The normalized spacial score (nSPS) is 25.1. The molecule has 0 aromatic heterocycles. The molecule has 1 rings (SSSR count). The van der Waals surface area contributed by atoms with Gasteiger partial charge in [-0.25, -0.2) is 8.42 Å². The van der Waals surface area contributed by atoms with E-state index < -0.39 is 10.0 Å². The van der Waals surface area contributed by atoms with E-state index in [2.05, 4.69) is 0 Å². The van der Waals surface area contributed by atoms with Crippen LogP contribution in [-0.4, -0.2) is 51.3 Å². The summed E-state index contributed by atoms with van der Waals surface area (Å²) in [4.78, 5) is 0. The Bertz CT molecular complexity index is 266. The van der Waals surface area contributed by atoms with E-state index in [-0.39, 0.29) is 6.10 Å². The molecule has 1 heterocycles. The van der Waals surface area contributed by atoms with E-state index in [1.54, 1.807) is 0 Å². The molecule has 0 unspecified atom stereocenters. The van der Waals surface area contributed by atoms with E-state index in [0.29, 0.717) is 26.2 Å². The van der Waals surface area contributed by atoms with Crippen LogP contribution in [0.25, 0.3) is 0 Å². The number of hydrogen-bond acceptors (Lipinski definition) is 4. The Morgan fingerprint density at radius 3 is 2.86 bits per heavy atom. The molecule has 0 spiro atoms. The molecule has 5 nitrogen and oxygen atoms in total. The van der Waals surface area contributed by atoms with Crippen LogP contribution in [0.4, 0.5) is 0 Å². The lowest BCUT2D eigenvalue weighted by Crippen LogP contribution is -2.45. The van der Waals surface area contributed by atoms with Crippen molar-refractivity contribution < 1.29 is 13.2 Å². The Morgan fingerprint density at radius 1 is 1.57 bits per heavy atom. The first-order valence-corrected chi connectivity index (χ1v) is 6.65. The zero-order valence-electron chi connectivity index (χ0n) is 8.48. The van der Waals surface area contributed by atoms with E-state index in [1.165, 1.54) is 10.6 Å². The molecule has 0 aromatic carbocycles. The second-order valence-electron chi connectivity index (χ2n) is 3.54. The molecule has 0 aromatic rings. The minimum atomic E-state index is -3.06. The first-order valence-electron chi connectivity index (χ1n) is 4.81. The summed E-state index contributed by atoms with van der Waals surface area (Å²) in [5.41, 5.74) is 5.38. The summed E-state index contributed by atoms with van der Waals surface area (Å²) in [6, 6.07) is 0. The number of nitrogens with zero attached hydrogens (tertiary/aromatic N) is 1. The quantitative estimate of drug-likeness (QED) is 0.688. The van der Waals surface area contributed by atoms with Crippen molar-refractivity contribution in [3.05, 3.63) is 0 Å². The maximum Gasteiger partial charge on any atom is 0.211 e. The zero-order chi connectivity index (χ0) is 10.6. The van der Waals surface area contributed by atoms with Crippen LogP contribution >= 0.6 is 0 Å². The van der Waals surface area contributed by atoms with Crippen molar-refractivity contribution in [1.29, 1.82) is 0 Å². The van der Waals surface area contributed by atoms with Gasteiger partial charge in [0.05, 0.1) is 19.0 Å². The molecular weight excluding hydrogens is 204 g/mol. The summed E-state index contributed by atoms with van der Waals surface area (Å²) in [5.74, 6) is 0. The van der Waals surface area contributed by atoms with Crippen molar-refractivity contribution >= 4 is 10.0 Å². The van der Waals surface area contributed by atoms with Crippen LogP contribution < -0.4 is 5.73 Å². The van der Waals surface area contributed by atoms with Gasteiger partial charge in [0, 0.05) is 13.1 Å². The number of morpholine rings is 1. The summed E-state index contributed by atoms with van der Waals surface area (Å²) in [5, 5.41) is 0. The van der Waals surface area contributed by atoms with Crippen molar-refractivity contribution in [2.45, 2.75) is 18.9 Å². The third kappa shape index (κ3) is 3.53. The van der Waals surface area contributed by atoms with E-state index >= 15 is 0 Å². The van der Waals surface area contributed by atoms with Gasteiger partial charge in [-0.2, -0.15) is 4.31 Å². The van der Waals surface area contributed by atoms with Crippen molar-refractivity contribution in [2.24, 2.45) is 5.73 Å². The molecule has 1 aliphatic heterocycles. The van der Waals surface area contributed by atoms with Crippen molar-refractivity contribution in [1.82, 2.24) is 4.31 Å². The number of ether oxygens (including phenoxy) is 1. The van der Waals surface area contributed by atoms with Crippen molar-refractivity contribution in [2.75, 3.05) is 32.5 Å². The summed E-state index contributed by atoms with van der Waals surface area (Å²) < 4.78 is 29.4. The van der Waals surface area contributed by atoms with Gasteiger partial charge >= 0.3 is 0 Å². The van der Waals surface area contributed by atoms with E-state index in [9.17, 15) is 8.42 Å². The standard InChI is InChI=1S/C8H18N2O3S/c1-14(11,12)10-5-6-13-8(7-10)3-2-4-9/h8H,2-7,9H2,1H3/t8-/m0/s1. The van der Waals surface area contributed by atoms with Gasteiger partial charge in [-0.3, -0.25) is 0 Å². The predicted octanol–water partition coefficient (Wildman–Crippen LogP) is -0.614. The van der Waals surface area contributed by atoms with Crippen LogP contribution in [0, 0.1) is 0 Å². The van der Waals surface area contributed by atoms with Gasteiger partial charge in [0.2, 0.25) is 10.0 Å². The fourth-order valence-electron chi connectivity index (χ4n) is 1.51. The molecule has 0 bridgehead atoms. The van der Waals surface area contributed by atoms with Crippen LogP contribution in [-0.2, 0) is 14.8 Å². The van der Waals surface area contributed by atoms with Gasteiger partial charge < -0.3 is 10.5 Å². The molecule has 14 heavy (non-hydrogen) atoms. The highest BCUT2D eigenvalue weighted by Gasteiger charge is 2.25. The minimum absolute atomic E-state index is 0.0158. The summed E-state index contributed by atoms with van der Waals surface area (Å²) in [7, 11) is -3.06. The van der Waals surface area contributed by atoms with Gasteiger partial charge in [-0.05, 0) is 19.4 Å². The Hall–Kier alpha value is -0.170. The molecule has 2 N–H and O–H groups in total. The fourth-order valence-corrected chi connectivity index (χ4v) is 2.36. The van der Waals surface area contributed by atoms with E-state index in [1.807, 2.05) is 0 Å². The summed E-state index contributed by atoms with van der Waals surface area (Å²) in [6.45, 7) is 2.05. The van der Waals surface area contributed by atoms with Crippen molar-refractivity contribution in [3.63, 3.8) is 0 Å². The Morgan fingerprint density at radius 2 is 2.29 bits per heavy atom. The number of rotatable bonds is 4. The predicted molar refractivity (Wildman–Crippen MR) is 54.4 cm³/mol. The van der Waals surface area contributed by atoms with Gasteiger partial charge in [0.1, 0.15) is 0 Å². The van der Waals surface area contributed by atoms with Crippen molar-refractivity contribution in [3.8, 4) is 0 Å². The maximum atomic E-state index is 11.3. The highest BCUT2D eigenvalue weighted by Crippen LogP contribution is 2.12. The maximum absolute atomic E-state index is 11.3. The summed E-state index contributed by atoms with van der Waals surface area (Å²) in [6.07, 6.45) is 2.96.